The van der Waals surface area contributed by atoms with E-state index < -0.39 is 27.9 Å². The number of nitrogens with one attached hydrogen (secondary N) is 2. The number of methoxy groups -OCH3 is 1. The highest BCUT2D eigenvalue weighted by atomic mass is 32.2. The largest absolute Gasteiger partial charge is 0.497 e. The van der Waals surface area contributed by atoms with Gasteiger partial charge in [0.15, 0.2) is 0 Å². The molecule has 2 amide bonds. The van der Waals surface area contributed by atoms with Gasteiger partial charge in [0.25, 0.3) is 11.8 Å². The second-order valence-electron chi connectivity index (χ2n) is 8.09. The Labute approximate surface area is 204 Å². The fourth-order valence-corrected chi connectivity index (χ4v) is 4.94. The number of carbonyl (C=O) groups is 2. The van der Waals surface area contributed by atoms with Gasteiger partial charge >= 0.3 is 0 Å². The monoisotopic (exact) mass is 491 g/mol. The molecule has 0 radical (unpaired) electrons. The van der Waals surface area contributed by atoms with E-state index in [1.807, 2.05) is 6.92 Å². The minimum atomic E-state index is -4.04. The summed E-state index contributed by atoms with van der Waals surface area (Å²) in [6.07, 6.45) is 0. The number of benzene rings is 3. The topological polar surface area (TPSA) is 105 Å². The Morgan fingerprint density at radius 2 is 1.49 bits per heavy atom. The zero-order chi connectivity index (χ0) is 25.2. The van der Waals surface area contributed by atoms with Crippen LogP contribution in [0.3, 0.4) is 0 Å². The van der Waals surface area contributed by atoms with Crippen molar-refractivity contribution in [2.24, 2.45) is 0 Å². The van der Waals surface area contributed by atoms with Crippen LogP contribution in [0.1, 0.15) is 17.2 Å². The summed E-state index contributed by atoms with van der Waals surface area (Å²) in [4.78, 5) is 27.3. The van der Waals surface area contributed by atoms with Crippen LogP contribution in [0.25, 0.3) is 0 Å². The number of amides is 2. The standard InChI is InChI=1S/C26H25N3O5S/c1-17-9-15-21(16-10-17)35(32,33)28-23(18-7-5-4-6-8-18)22-24(26(31)29(2)25(22)30)27-19-11-13-20(34-3)14-12-19/h4-16,23,27-28H,1-3H3. The normalized spacial score (nSPS) is 14.9. The van der Waals surface area contributed by atoms with Crippen molar-refractivity contribution in [1.82, 2.24) is 9.62 Å². The molecule has 8 nitrogen and oxygen atoms in total. The van der Waals surface area contributed by atoms with Gasteiger partial charge in [-0.05, 0) is 48.9 Å². The third kappa shape index (κ3) is 4.96. The van der Waals surface area contributed by atoms with Gasteiger partial charge in [-0.3, -0.25) is 14.5 Å². The number of carbonyl (C=O) groups excluding carboxylic acids is 2. The fourth-order valence-electron chi connectivity index (χ4n) is 3.75. The molecule has 1 atom stereocenters. The average Bonchev–Trinajstić information content (AvgIpc) is 3.07. The van der Waals surface area contributed by atoms with Crippen LogP contribution in [0.5, 0.6) is 5.75 Å². The summed E-state index contributed by atoms with van der Waals surface area (Å²) in [7, 11) is -1.13. The first-order chi connectivity index (χ1) is 16.7. The summed E-state index contributed by atoms with van der Waals surface area (Å²) in [5.74, 6) is -0.522. The predicted molar refractivity (Wildman–Crippen MR) is 132 cm³/mol. The van der Waals surface area contributed by atoms with Crippen molar-refractivity contribution < 1.29 is 22.7 Å². The van der Waals surface area contributed by atoms with Gasteiger partial charge in [-0.1, -0.05) is 48.0 Å². The Balaban J connectivity index is 1.82. The summed E-state index contributed by atoms with van der Waals surface area (Å²) in [5.41, 5.74) is 1.99. The third-order valence-corrected chi connectivity index (χ3v) is 7.15. The van der Waals surface area contributed by atoms with Crippen LogP contribution in [0, 0.1) is 6.92 Å². The van der Waals surface area contributed by atoms with Gasteiger partial charge in [-0.25, -0.2) is 8.42 Å². The number of rotatable bonds is 8. The highest BCUT2D eigenvalue weighted by molar-refractivity contribution is 7.89. The molecular formula is C26H25N3O5S. The molecule has 0 aromatic heterocycles. The highest BCUT2D eigenvalue weighted by Crippen LogP contribution is 2.33. The zero-order valence-electron chi connectivity index (χ0n) is 19.5. The molecule has 0 bridgehead atoms. The molecule has 3 aromatic rings. The maximum atomic E-state index is 13.3. The van der Waals surface area contributed by atoms with Gasteiger partial charge in [0.2, 0.25) is 10.0 Å². The van der Waals surface area contributed by atoms with Gasteiger partial charge in [-0.15, -0.1) is 0 Å². The summed E-state index contributed by atoms with van der Waals surface area (Å²) in [5, 5.41) is 3.01. The zero-order valence-corrected chi connectivity index (χ0v) is 20.3. The molecule has 1 aliphatic rings. The van der Waals surface area contributed by atoms with Crippen LogP contribution in [-0.2, 0) is 19.6 Å². The molecule has 35 heavy (non-hydrogen) atoms. The van der Waals surface area contributed by atoms with Crippen molar-refractivity contribution >= 4 is 27.5 Å². The highest BCUT2D eigenvalue weighted by Gasteiger charge is 2.42. The molecule has 4 rings (SSSR count). The second kappa shape index (κ2) is 9.73. The van der Waals surface area contributed by atoms with Gasteiger partial charge < -0.3 is 10.1 Å². The average molecular weight is 492 g/mol. The smallest absolute Gasteiger partial charge is 0.277 e. The first-order valence-corrected chi connectivity index (χ1v) is 12.3. The van der Waals surface area contributed by atoms with Crippen molar-refractivity contribution in [3.8, 4) is 5.75 Å². The first-order valence-electron chi connectivity index (χ1n) is 10.8. The summed E-state index contributed by atoms with van der Waals surface area (Å²) in [6.45, 7) is 1.86. The molecule has 9 heteroatoms. The SMILES string of the molecule is COc1ccc(NC2=C(C(NS(=O)(=O)c3ccc(C)cc3)c3ccccc3)C(=O)N(C)C2=O)cc1. The minimum absolute atomic E-state index is 0.00289. The number of imide groups is 1. The molecular weight excluding hydrogens is 466 g/mol. The Morgan fingerprint density at radius 3 is 2.09 bits per heavy atom. The molecule has 1 aliphatic heterocycles. The molecule has 0 fully saturated rings. The lowest BCUT2D eigenvalue weighted by Crippen LogP contribution is -2.34. The maximum Gasteiger partial charge on any atom is 0.277 e. The number of hydrogen-bond donors (Lipinski definition) is 2. The number of anilines is 1. The Hall–Kier alpha value is -3.95. The summed E-state index contributed by atoms with van der Waals surface area (Å²) >= 11 is 0. The lowest BCUT2D eigenvalue weighted by molar-refractivity contribution is -0.136. The van der Waals surface area contributed by atoms with E-state index in [0.717, 1.165) is 10.5 Å². The molecule has 180 valence electrons. The molecule has 0 saturated carbocycles. The van der Waals surface area contributed by atoms with E-state index in [4.69, 9.17) is 4.74 Å². The lowest BCUT2D eigenvalue weighted by atomic mass is 9.98. The molecule has 1 unspecified atom stereocenters. The molecule has 2 N–H and O–H groups in total. The number of aryl methyl sites for hydroxylation is 1. The first kappa shape index (κ1) is 24.2. The van der Waals surface area contributed by atoms with Crippen LogP contribution >= 0.6 is 0 Å². The van der Waals surface area contributed by atoms with E-state index >= 15 is 0 Å². The summed E-state index contributed by atoms with van der Waals surface area (Å²) < 4.78 is 34.4. The van der Waals surface area contributed by atoms with Crippen molar-refractivity contribution in [3.63, 3.8) is 0 Å². The van der Waals surface area contributed by atoms with E-state index in [1.165, 1.54) is 19.2 Å². The van der Waals surface area contributed by atoms with Gasteiger partial charge in [0, 0.05) is 12.7 Å². The molecule has 0 spiro atoms. The van der Waals surface area contributed by atoms with Gasteiger partial charge in [-0.2, -0.15) is 4.72 Å². The van der Waals surface area contributed by atoms with Gasteiger partial charge in [0.05, 0.1) is 23.6 Å². The number of hydrogen-bond acceptors (Lipinski definition) is 6. The number of sulfonamides is 1. The minimum Gasteiger partial charge on any atom is -0.497 e. The number of likely N-dealkylation sites (N-methyl/N-ethyl adjacent to an activating group) is 1. The Bertz CT molecular complexity index is 1380. The molecule has 0 saturated heterocycles. The van der Waals surface area contributed by atoms with Crippen molar-refractivity contribution in [2.45, 2.75) is 17.9 Å². The van der Waals surface area contributed by atoms with Crippen molar-refractivity contribution in [3.05, 3.63) is 101 Å². The maximum absolute atomic E-state index is 13.3. The third-order valence-electron chi connectivity index (χ3n) is 5.71. The van der Waals surface area contributed by atoms with E-state index in [0.29, 0.717) is 17.0 Å². The van der Waals surface area contributed by atoms with E-state index in [-0.39, 0.29) is 16.2 Å². The number of nitrogens with zero attached hydrogens (tertiary/aromatic N) is 1. The van der Waals surface area contributed by atoms with Crippen LogP contribution in [0.2, 0.25) is 0 Å². The van der Waals surface area contributed by atoms with Crippen LogP contribution in [-0.4, -0.2) is 39.3 Å². The number of ether oxygens (including phenoxy) is 1. The molecule has 0 aliphatic carbocycles. The lowest BCUT2D eigenvalue weighted by Gasteiger charge is -2.21. The molecule has 3 aromatic carbocycles. The quantitative estimate of drug-likeness (QED) is 0.468. The Morgan fingerprint density at radius 1 is 0.857 bits per heavy atom. The van der Waals surface area contributed by atoms with E-state index in [1.54, 1.807) is 73.8 Å². The van der Waals surface area contributed by atoms with Crippen molar-refractivity contribution in [2.75, 3.05) is 19.5 Å². The van der Waals surface area contributed by atoms with Crippen LogP contribution in [0.4, 0.5) is 5.69 Å². The Kier molecular flexibility index (Phi) is 6.72. The summed E-state index contributed by atoms with van der Waals surface area (Å²) in [6, 6.07) is 20.8. The van der Waals surface area contributed by atoms with E-state index in [2.05, 4.69) is 10.0 Å². The van der Waals surface area contributed by atoms with Crippen LogP contribution in [0.15, 0.2) is 95.0 Å². The predicted octanol–water partition coefficient (Wildman–Crippen LogP) is 3.39. The van der Waals surface area contributed by atoms with E-state index in [9.17, 15) is 18.0 Å². The fraction of sp³-hybridized carbons (Fsp3) is 0.154. The molecule has 1 heterocycles. The van der Waals surface area contributed by atoms with Gasteiger partial charge in [0.1, 0.15) is 11.4 Å². The second-order valence-corrected chi connectivity index (χ2v) is 9.80. The van der Waals surface area contributed by atoms with Crippen molar-refractivity contribution in [1.29, 1.82) is 0 Å². The van der Waals surface area contributed by atoms with Crippen LogP contribution < -0.4 is 14.8 Å².